The third-order valence-electron chi connectivity index (χ3n) is 6.22. The molecule has 0 aliphatic carbocycles. The van der Waals surface area contributed by atoms with Crippen LogP contribution in [-0.4, -0.2) is 105 Å². The number of rotatable bonds is 8. The van der Waals surface area contributed by atoms with Gasteiger partial charge in [0, 0.05) is 59.5 Å². The summed E-state index contributed by atoms with van der Waals surface area (Å²) in [5.41, 5.74) is -0.454. The summed E-state index contributed by atoms with van der Waals surface area (Å²) in [6.07, 6.45) is 4.40. The van der Waals surface area contributed by atoms with Crippen LogP contribution in [0.1, 0.15) is 53.4 Å². The molecule has 0 saturated carbocycles. The average Bonchev–Trinajstić information content (AvgIpc) is 3.17. The van der Waals surface area contributed by atoms with Gasteiger partial charge in [0.25, 0.3) is 0 Å². The van der Waals surface area contributed by atoms with E-state index in [1.54, 1.807) is 7.11 Å². The van der Waals surface area contributed by atoms with E-state index in [1.807, 2.05) is 39.6 Å². The highest BCUT2D eigenvalue weighted by atomic mass is 127. The topological polar surface area (TPSA) is 69.6 Å². The molecule has 0 aromatic rings. The zero-order chi connectivity index (χ0) is 22.9. The van der Waals surface area contributed by atoms with Gasteiger partial charge in [0.1, 0.15) is 5.60 Å². The van der Waals surface area contributed by atoms with E-state index in [0.29, 0.717) is 18.5 Å². The van der Waals surface area contributed by atoms with E-state index >= 15 is 0 Å². The Hall–Kier alpha value is -0.810. The molecule has 1 unspecified atom stereocenters. The molecule has 1 atom stereocenters. The minimum absolute atomic E-state index is 0. The zero-order valence-electron chi connectivity index (χ0n) is 21.1. The van der Waals surface area contributed by atoms with Gasteiger partial charge in [-0.15, -0.1) is 24.0 Å². The Morgan fingerprint density at radius 3 is 2.44 bits per heavy atom. The van der Waals surface area contributed by atoms with Crippen molar-refractivity contribution in [3.8, 4) is 0 Å². The molecule has 32 heavy (non-hydrogen) atoms. The van der Waals surface area contributed by atoms with Crippen molar-refractivity contribution in [3.05, 3.63) is 0 Å². The van der Waals surface area contributed by atoms with E-state index in [4.69, 9.17) is 9.47 Å². The monoisotopic (exact) mass is 567 g/mol. The smallest absolute Gasteiger partial charge is 0.410 e. The Kier molecular flexibility index (Phi) is 13.2. The van der Waals surface area contributed by atoms with Crippen LogP contribution in [0.2, 0.25) is 0 Å². The van der Waals surface area contributed by atoms with Crippen molar-refractivity contribution >= 4 is 36.0 Å². The van der Waals surface area contributed by atoms with E-state index in [2.05, 4.69) is 20.1 Å². The first-order valence-electron chi connectivity index (χ1n) is 11.9. The Morgan fingerprint density at radius 1 is 1.19 bits per heavy atom. The van der Waals surface area contributed by atoms with Gasteiger partial charge in [-0.1, -0.05) is 0 Å². The number of amides is 1. The van der Waals surface area contributed by atoms with Crippen LogP contribution < -0.4 is 5.32 Å². The molecule has 0 radical (unpaired) electrons. The lowest BCUT2D eigenvalue weighted by atomic mass is 9.96. The van der Waals surface area contributed by atoms with Gasteiger partial charge in [-0.2, -0.15) is 0 Å². The SMILES string of the molecule is CCN(CC1CCN(C(=NC)NCC2CCCN2CCOC)CC1)C(=O)OC(C)(C)C.I. The Balaban J connectivity index is 0.00000512. The highest BCUT2D eigenvalue weighted by molar-refractivity contribution is 14.0. The number of methoxy groups -OCH3 is 1. The molecule has 0 aromatic heterocycles. The Morgan fingerprint density at radius 2 is 1.88 bits per heavy atom. The summed E-state index contributed by atoms with van der Waals surface area (Å²) in [5.74, 6) is 1.50. The summed E-state index contributed by atoms with van der Waals surface area (Å²) in [4.78, 5) is 23.7. The van der Waals surface area contributed by atoms with Crippen LogP contribution in [0, 0.1) is 5.92 Å². The van der Waals surface area contributed by atoms with Crippen LogP contribution in [0.4, 0.5) is 4.79 Å². The molecule has 2 aliphatic heterocycles. The van der Waals surface area contributed by atoms with Crippen LogP contribution in [0.25, 0.3) is 0 Å². The fraction of sp³-hybridized carbons (Fsp3) is 0.913. The molecule has 0 aromatic carbocycles. The standard InChI is InChI=1S/C23H45N5O3.HI/c1-7-26(22(29)31-23(2,3)4)18-19-10-13-28(14-11-19)21(24-5)25-17-20-9-8-12-27(20)15-16-30-6;/h19-20H,7-18H2,1-6H3,(H,24,25);1H. The largest absolute Gasteiger partial charge is 0.444 e. The molecule has 0 spiro atoms. The normalized spacial score (nSPS) is 20.8. The number of hydrogen-bond donors (Lipinski definition) is 1. The molecule has 188 valence electrons. The first-order chi connectivity index (χ1) is 14.8. The third-order valence-corrected chi connectivity index (χ3v) is 6.22. The molecular weight excluding hydrogens is 521 g/mol. The molecule has 0 bridgehead atoms. The lowest BCUT2D eigenvalue weighted by Crippen LogP contribution is -2.50. The van der Waals surface area contributed by atoms with Gasteiger partial charge in [-0.3, -0.25) is 9.89 Å². The van der Waals surface area contributed by atoms with Crippen molar-refractivity contribution in [1.82, 2.24) is 20.0 Å². The minimum atomic E-state index is -0.454. The van der Waals surface area contributed by atoms with Crippen molar-refractivity contribution in [2.24, 2.45) is 10.9 Å². The van der Waals surface area contributed by atoms with Gasteiger partial charge in [0.2, 0.25) is 0 Å². The first-order valence-corrected chi connectivity index (χ1v) is 11.9. The fourth-order valence-electron chi connectivity index (χ4n) is 4.47. The molecule has 2 heterocycles. The predicted octanol–water partition coefficient (Wildman–Crippen LogP) is 3.26. The van der Waals surface area contributed by atoms with E-state index < -0.39 is 5.60 Å². The predicted molar refractivity (Wildman–Crippen MR) is 141 cm³/mol. The average molecular weight is 568 g/mol. The summed E-state index contributed by atoms with van der Waals surface area (Å²) < 4.78 is 10.8. The summed E-state index contributed by atoms with van der Waals surface area (Å²) in [5, 5.41) is 3.61. The van der Waals surface area contributed by atoms with E-state index in [-0.39, 0.29) is 30.1 Å². The number of nitrogens with zero attached hydrogens (tertiary/aromatic N) is 4. The van der Waals surface area contributed by atoms with Crippen LogP contribution >= 0.6 is 24.0 Å². The van der Waals surface area contributed by atoms with E-state index in [9.17, 15) is 4.79 Å². The number of ether oxygens (including phenoxy) is 2. The molecule has 1 amide bonds. The quantitative estimate of drug-likeness (QED) is 0.276. The first kappa shape index (κ1) is 29.2. The van der Waals surface area contributed by atoms with E-state index in [0.717, 1.165) is 64.7 Å². The van der Waals surface area contributed by atoms with Crippen molar-refractivity contribution in [1.29, 1.82) is 0 Å². The highest BCUT2D eigenvalue weighted by Gasteiger charge is 2.28. The van der Waals surface area contributed by atoms with Crippen molar-refractivity contribution < 1.29 is 14.3 Å². The number of aliphatic imine (C=N–C) groups is 1. The maximum absolute atomic E-state index is 12.4. The fourth-order valence-corrected chi connectivity index (χ4v) is 4.47. The van der Waals surface area contributed by atoms with Gasteiger partial charge >= 0.3 is 6.09 Å². The van der Waals surface area contributed by atoms with Crippen LogP contribution in [0.5, 0.6) is 0 Å². The van der Waals surface area contributed by atoms with Crippen LogP contribution in [0.15, 0.2) is 4.99 Å². The summed E-state index contributed by atoms with van der Waals surface area (Å²) >= 11 is 0. The molecule has 2 rings (SSSR count). The Labute approximate surface area is 212 Å². The molecule has 8 nitrogen and oxygen atoms in total. The van der Waals surface area contributed by atoms with Gasteiger partial charge in [-0.05, 0) is 65.8 Å². The summed E-state index contributed by atoms with van der Waals surface area (Å²) in [6.45, 7) is 15.0. The van der Waals surface area contributed by atoms with Gasteiger partial charge in [0.05, 0.1) is 6.61 Å². The summed E-state index contributed by atoms with van der Waals surface area (Å²) in [7, 11) is 3.63. The number of halogens is 1. The van der Waals surface area contributed by atoms with Gasteiger partial charge in [0.15, 0.2) is 5.96 Å². The second kappa shape index (κ2) is 14.5. The molecule has 2 aliphatic rings. The lowest BCUT2D eigenvalue weighted by molar-refractivity contribution is 0.0214. The number of guanidine groups is 1. The number of hydrogen-bond acceptors (Lipinski definition) is 5. The Bertz CT molecular complexity index is 576. The van der Waals surface area contributed by atoms with Crippen molar-refractivity contribution in [2.75, 3.05) is 66.6 Å². The maximum atomic E-state index is 12.4. The second-order valence-corrected chi connectivity index (χ2v) is 9.70. The number of nitrogens with one attached hydrogen (secondary N) is 1. The van der Waals surface area contributed by atoms with E-state index in [1.165, 1.54) is 12.8 Å². The number of piperidine rings is 1. The van der Waals surface area contributed by atoms with Crippen molar-refractivity contribution in [2.45, 2.75) is 65.0 Å². The van der Waals surface area contributed by atoms with Crippen LogP contribution in [-0.2, 0) is 9.47 Å². The molecule has 2 fully saturated rings. The summed E-state index contributed by atoms with van der Waals surface area (Å²) in [6, 6.07) is 0.552. The van der Waals surface area contributed by atoms with Crippen molar-refractivity contribution in [3.63, 3.8) is 0 Å². The van der Waals surface area contributed by atoms with Crippen LogP contribution in [0.3, 0.4) is 0 Å². The number of likely N-dealkylation sites (tertiary alicyclic amines) is 2. The molecule has 9 heteroatoms. The molecule has 2 saturated heterocycles. The number of carbonyl (C=O) groups excluding carboxylic acids is 1. The maximum Gasteiger partial charge on any atom is 0.410 e. The zero-order valence-corrected chi connectivity index (χ0v) is 23.4. The van der Waals surface area contributed by atoms with Gasteiger partial charge in [-0.25, -0.2) is 4.79 Å². The third kappa shape index (κ3) is 9.59. The molecular formula is C23H46IN5O3. The number of carbonyl (C=O) groups is 1. The van der Waals surface area contributed by atoms with Gasteiger partial charge < -0.3 is 24.6 Å². The second-order valence-electron chi connectivity index (χ2n) is 9.70. The highest BCUT2D eigenvalue weighted by Crippen LogP contribution is 2.21. The molecule has 1 N–H and O–H groups in total. The lowest BCUT2D eigenvalue weighted by Gasteiger charge is -2.37. The minimum Gasteiger partial charge on any atom is -0.444 e.